The number of piperidine rings is 1. The third kappa shape index (κ3) is 2.64. The second kappa shape index (κ2) is 5.57. The van der Waals surface area contributed by atoms with Gasteiger partial charge in [0.1, 0.15) is 5.65 Å². The zero-order valence-electron chi connectivity index (χ0n) is 12.9. The second-order valence-electron chi connectivity index (χ2n) is 6.24. The number of hydrogen-bond donors (Lipinski definition) is 1. The molecule has 0 radical (unpaired) electrons. The van der Waals surface area contributed by atoms with Crippen LogP contribution in [0, 0.1) is 0 Å². The van der Waals surface area contributed by atoms with E-state index in [1.165, 1.54) is 29.5 Å². The molecule has 5 nitrogen and oxygen atoms in total. The summed E-state index contributed by atoms with van der Waals surface area (Å²) in [6, 6.07) is 6.39. The SMILES string of the molecule is Cn1cc(CN2CCC(c3cc4cccnc4[nH]3)CC2)cn1. The summed E-state index contributed by atoms with van der Waals surface area (Å²) < 4.78 is 1.87. The number of pyridine rings is 1. The van der Waals surface area contributed by atoms with Gasteiger partial charge in [-0.3, -0.25) is 9.58 Å². The Kier molecular flexibility index (Phi) is 3.42. The van der Waals surface area contributed by atoms with Gasteiger partial charge in [-0.15, -0.1) is 0 Å². The van der Waals surface area contributed by atoms with Gasteiger partial charge in [0.15, 0.2) is 0 Å². The number of H-pyrrole nitrogens is 1. The zero-order chi connectivity index (χ0) is 14.9. The van der Waals surface area contributed by atoms with Crippen LogP contribution in [-0.2, 0) is 13.6 Å². The molecule has 0 atom stereocenters. The topological polar surface area (TPSA) is 49.7 Å². The number of aromatic amines is 1. The Labute approximate surface area is 130 Å². The Hall–Kier alpha value is -2.14. The van der Waals surface area contributed by atoms with Crippen molar-refractivity contribution in [2.75, 3.05) is 13.1 Å². The lowest BCUT2D eigenvalue weighted by Crippen LogP contribution is -2.32. The van der Waals surface area contributed by atoms with E-state index < -0.39 is 0 Å². The largest absolute Gasteiger partial charge is 0.343 e. The van der Waals surface area contributed by atoms with Crippen LogP contribution in [0.15, 0.2) is 36.8 Å². The first-order valence-corrected chi connectivity index (χ1v) is 7.91. The second-order valence-corrected chi connectivity index (χ2v) is 6.24. The van der Waals surface area contributed by atoms with Gasteiger partial charge in [0.2, 0.25) is 0 Å². The van der Waals surface area contributed by atoms with Crippen LogP contribution in [0.1, 0.15) is 30.0 Å². The first-order chi connectivity index (χ1) is 10.8. The molecule has 3 aromatic rings. The minimum atomic E-state index is 0.624. The summed E-state index contributed by atoms with van der Waals surface area (Å²) >= 11 is 0. The number of rotatable bonds is 3. The number of hydrogen-bond acceptors (Lipinski definition) is 3. The molecule has 114 valence electrons. The molecule has 0 aliphatic carbocycles. The van der Waals surface area contributed by atoms with Crippen molar-refractivity contribution < 1.29 is 0 Å². The number of fused-ring (bicyclic) bond motifs is 1. The van der Waals surface area contributed by atoms with E-state index in [0.29, 0.717) is 5.92 Å². The third-order valence-corrected chi connectivity index (χ3v) is 4.60. The fraction of sp³-hybridized carbons (Fsp3) is 0.412. The number of aromatic nitrogens is 4. The average molecular weight is 295 g/mol. The van der Waals surface area contributed by atoms with Crippen molar-refractivity contribution in [2.24, 2.45) is 7.05 Å². The lowest BCUT2D eigenvalue weighted by Gasteiger charge is -2.31. The predicted octanol–water partition coefficient (Wildman–Crippen LogP) is 2.68. The Bertz CT molecular complexity index is 731. The van der Waals surface area contributed by atoms with Crippen LogP contribution in [-0.4, -0.2) is 37.7 Å². The predicted molar refractivity (Wildman–Crippen MR) is 86.6 cm³/mol. The molecular formula is C17H21N5. The summed E-state index contributed by atoms with van der Waals surface area (Å²) in [6.45, 7) is 3.29. The third-order valence-electron chi connectivity index (χ3n) is 4.60. The van der Waals surface area contributed by atoms with Crippen LogP contribution < -0.4 is 0 Å². The maximum atomic E-state index is 4.39. The lowest BCUT2D eigenvalue weighted by molar-refractivity contribution is 0.203. The molecule has 1 aliphatic rings. The summed E-state index contributed by atoms with van der Waals surface area (Å²) in [6.07, 6.45) is 8.32. The minimum Gasteiger partial charge on any atom is -0.343 e. The van der Waals surface area contributed by atoms with Crippen LogP contribution in [0.4, 0.5) is 0 Å². The molecule has 5 heteroatoms. The number of likely N-dealkylation sites (tertiary alicyclic amines) is 1. The van der Waals surface area contributed by atoms with Crippen LogP contribution in [0.2, 0.25) is 0 Å². The zero-order valence-corrected chi connectivity index (χ0v) is 12.9. The van der Waals surface area contributed by atoms with Crippen LogP contribution in [0.25, 0.3) is 11.0 Å². The molecule has 0 unspecified atom stereocenters. The molecule has 0 bridgehead atoms. The van der Waals surface area contributed by atoms with E-state index in [2.05, 4.69) is 38.3 Å². The van der Waals surface area contributed by atoms with E-state index in [1.54, 1.807) is 0 Å². The number of aryl methyl sites for hydroxylation is 1. The Morgan fingerprint density at radius 2 is 2.18 bits per heavy atom. The van der Waals surface area contributed by atoms with E-state index in [9.17, 15) is 0 Å². The summed E-state index contributed by atoms with van der Waals surface area (Å²) in [5.41, 5.74) is 3.65. The van der Waals surface area contributed by atoms with Crippen LogP contribution in [0.5, 0.6) is 0 Å². The van der Waals surface area contributed by atoms with E-state index in [4.69, 9.17) is 0 Å². The molecule has 0 amide bonds. The molecule has 0 saturated carbocycles. The molecule has 1 fully saturated rings. The molecule has 1 N–H and O–H groups in total. The quantitative estimate of drug-likeness (QED) is 0.808. The van der Waals surface area contributed by atoms with Gasteiger partial charge in [-0.2, -0.15) is 5.10 Å². The molecule has 1 aliphatic heterocycles. The summed E-state index contributed by atoms with van der Waals surface area (Å²) in [7, 11) is 1.97. The maximum Gasteiger partial charge on any atom is 0.137 e. The Morgan fingerprint density at radius 3 is 2.91 bits per heavy atom. The highest BCUT2D eigenvalue weighted by Crippen LogP contribution is 2.29. The molecule has 22 heavy (non-hydrogen) atoms. The van der Waals surface area contributed by atoms with Gasteiger partial charge in [-0.05, 0) is 44.1 Å². The fourth-order valence-corrected chi connectivity index (χ4v) is 3.41. The van der Waals surface area contributed by atoms with Gasteiger partial charge < -0.3 is 4.98 Å². The monoisotopic (exact) mass is 295 g/mol. The summed E-state index contributed by atoms with van der Waals surface area (Å²) in [5, 5.41) is 5.46. The maximum absolute atomic E-state index is 4.39. The van der Waals surface area contributed by atoms with Gasteiger partial charge in [-0.1, -0.05) is 0 Å². The van der Waals surface area contributed by atoms with Crippen molar-refractivity contribution >= 4 is 11.0 Å². The number of nitrogens with zero attached hydrogens (tertiary/aromatic N) is 4. The fourth-order valence-electron chi connectivity index (χ4n) is 3.41. The summed E-state index contributed by atoms with van der Waals surface area (Å²) in [5.74, 6) is 0.624. The number of nitrogens with one attached hydrogen (secondary N) is 1. The molecule has 0 aromatic carbocycles. The Morgan fingerprint density at radius 1 is 1.32 bits per heavy atom. The van der Waals surface area contributed by atoms with Gasteiger partial charge >= 0.3 is 0 Å². The standard InChI is InChI=1S/C17H21N5/c1-21-11-13(10-19-21)12-22-7-4-14(5-8-22)16-9-15-3-2-6-18-17(15)20-16/h2-3,6,9-11,14H,4-5,7-8,12H2,1H3,(H,18,20). The van der Waals surface area contributed by atoms with E-state index in [0.717, 1.165) is 25.3 Å². The molecule has 1 saturated heterocycles. The van der Waals surface area contributed by atoms with Crippen molar-refractivity contribution in [3.63, 3.8) is 0 Å². The highest BCUT2D eigenvalue weighted by atomic mass is 15.2. The molecule has 4 rings (SSSR count). The minimum absolute atomic E-state index is 0.624. The van der Waals surface area contributed by atoms with E-state index in [1.807, 2.05) is 30.2 Å². The first kappa shape index (κ1) is 13.5. The van der Waals surface area contributed by atoms with Gasteiger partial charge in [0, 0.05) is 48.5 Å². The smallest absolute Gasteiger partial charge is 0.137 e. The highest BCUT2D eigenvalue weighted by Gasteiger charge is 2.22. The average Bonchev–Trinajstić information content (AvgIpc) is 3.14. The lowest BCUT2D eigenvalue weighted by atomic mass is 9.93. The first-order valence-electron chi connectivity index (χ1n) is 7.91. The van der Waals surface area contributed by atoms with Gasteiger partial charge in [0.05, 0.1) is 6.20 Å². The van der Waals surface area contributed by atoms with Crippen molar-refractivity contribution in [3.05, 3.63) is 48.0 Å². The van der Waals surface area contributed by atoms with Crippen molar-refractivity contribution in [1.29, 1.82) is 0 Å². The molecule has 3 aromatic heterocycles. The molecular weight excluding hydrogens is 274 g/mol. The molecule has 0 spiro atoms. The van der Waals surface area contributed by atoms with Crippen LogP contribution >= 0.6 is 0 Å². The summed E-state index contributed by atoms with van der Waals surface area (Å²) in [4.78, 5) is 10.4. The van der Waals surface area contributed by atoms with Crippen molar-refractivity contribution in [1.82, 2.24) is 24.6 Å². The molecule has 4 heterocycles. The van der Waals surface area contributed by atoms with Gasteiger partial charge in [0.25, 0.3) is 0 Å². The van der Waals surface area contributed by atoms with Gasteiger partial charge in [-0.25, -0.2) is 4.98 Å². The Balaban J connectivity index is 1.40. The van der Waals surface area contributed by atoms with Crippen molar-refractivity contribution in [2.45, 2.75) is 25.3 Å². The van der Waals surface area contributed by atoms with Crippen molar-refractivity contribution in [3.8, 4) is 0 Å². The van der Waals surface area contributed by atoms with Crippen LogP contribution in [0.3, 0.4) is 0 Å². The van der Waals surface area contributed by atoms with E-state index in [-0.39, 0.29) is 0 Å². The van der Waals surface area contributed by atoms with E-state index >= 15 is 0 Å². The normalized spacial score (nSPS) is 17.3. The highest BCUT2D eigenvalue weighted by molar-refractivity contribution is 5.76.